The van der Waals surface area contributed by atoms with Crippen LogP contribution in [0.2, 0.25) is 0 Å². The number of nitrogens with zero attached hydrogens (tertiary/aromatic N) is 7. The van der Waals surface area contributed by atoms with Crippen LogP contribution >= 0.6 is 0 Å². The Morgan fingerprint density at radius 2 is 1.97 bits per heavy atom. The third-order valence-electron chi connectivity index (χ3n) is 5.93. The van der Waals surface area contributed by atoms with E-state index in [0.717, 1.165) is 5.56 Å². The number of pyridine rings is 1. The van der Waals surface area contributed by atoms with Crippen molar-refractivity contribution in [3.8, 4) is 22.8 Å². The number of carbonyl (C=O) groups is 1. The fraction of sp³-hybridized carbons (Fsp3) is 0.304. The van der Waals surface area contributed by atoms with Crippen molar-refractivity contribution in [1.82, 2.24) is 34.8 Å². The Hall–Kier alpha value is -4.12. The predicted octanol–water partition coefficient (Wildman–Crippen LogP) is 2.15. The number of hydrogen-bond donors (Lipinski definition) is 2. The average molecular weight is 460 g/mol. The van der Waals surface area contributed by atoms with Crippen molar-refractivity contribution in [2.45, 2.75) is 25.0 Å². The first-order valence-electron chi connectivity index (χ1n) is 10.8. The summed E-state index contributed by atoms with van der Waals surface area (Å²) in [5.41, 5.74) is 1.28. The molecule has 0 saturated carbocycles. The second kappa shape index (κ2) is 8.34. The predicted molar refractivity (Wildman–Crippen MR) is 122 cm³/mol. The second-order valence-corrected chi connectivity index (χ2v) is 8.40. The average Bonchev–Trinajstić information content (AvgIpc) is 3.57. The first-order valence-corrected chi connectivity index (χ1v) is 10.8. The van der Waals surface area contributed by atoms with E-state index in [1.165, 1.54) is 4.90 Å². The zero-order valence-electron chi connectivity index (χ0n) is 19.0. The highest BCUT2D eigenvalue weighted by Crippen LogP contribution is 2.34. The minimum atomic E-state index is -1.67. The molecule has 2 atom stereocenters. The maximum absolute atomic E-state index is 12.4. The van der Waals surface area contributed by atoms with Gasteiger partial charge in [-0.2, -0.15) is 5.10 Å². The van der Waals surface area contributed by atoms with Gasteiger partial charge in [0.1, 0.15) is 11.4 Å². The van der Waals surface area contributed by atoms with Gasteiger partial charge in [-0.1, -0.05) is 11.2 Å². The molecule has 1 aliphatic heterocycles. The zero-order chi connectivity index (χ0) is 23.9. The van der Waals surface area contributed by atoms with E-state index in [0.29, 0.717) is 35.3 Å². The van der Waals surface area contributed by atoms with Crippen molar-refractivity contribution in [2.75, 3.05) is 18.9 Å². The molecule has 0 radical (unpaired) electrons. The molecule has 1 amide bonds. The topological polar surface area (TPSA) is 135 Å². The number of carbonyl (C=O) groups excluding carboxylic acids is 1. The molecule has 4 aromatic rings. The number of likely N-dealkylation sites (N-methyl/N-ethyl adjacent to an activating group) is 1. The van der Waals surface area contributed by atoms with Crippen molar-refractivity contribution >= 4 is 11.9 Å². The van der Waals surface area contributed by atoms with E-state index in [-0.39, 0.29) is 18.2 Å². The van der Waals surface area contributed by atoms with Gasteiger partial charge < -0.3 is 19.8 Å². The van der Waals surface area contributed by atoms with Crippen molar-refractivity contribution < 1.29 is 14.4 Å². The Labute approximate surface area is 195 Å². The number of nitrogens with one attached hydrogen (secondary N) is 1. The largest absolute Gasteiger partial charge is 0.374 e. The van der Waals surface area contributed by atoms with Gasteiger partial charge in [-0.25, -0.2) is 15.0 Å². The van der Waals surface area contributed by atoms with Crippen LogP contribution in [0.3, 0.4) is 0 Å². The van der Waals surface area contributed by atoms with Crippen molar-refractivity contribution in [2.24, 2.45) is 7.05 Å². The van der Waals surface area contributed by atoms with Crippen LogP contribution in [0.5, 0.6) is 0 Å². The van der Waals surface area contributed by atoms with Gasteiger partial charge in [0.05, 0.1) is 23.6 Å². The van der Waals surface area contributed by atoms with E-state index in [1.54, 1.807) is 42.3 Å². The fourth-order valence-corrected chi connectivity index (χ4v) is 3.91. The van der Waals surface area contributed by atoms with Crippen LogP contribution in [0.15, 0.2) is 53.4 Å². The van der Waals surface area contributed by atoms with Gasteiger partial charge >= 0.3 is 0 Å². The van der Waals surface area contributed by atoms with Gasteiger partial charge in [-0.3, -0.25) is 9.48 Å². The maximum Gasteiger partial charge on any atom is 0.260 e. The number of aryl methyl sites for hydroxylation is 1. The number of rotatable bonds is 6. The van der Waals surface area contributed by atoms with Gasteiger partial charge in [0.25, 0.3) is 5.91 Å². The summed E-state index contributed by atoms with van der Waals surface area (Å²) in [4.78, 5) is 27.4. The molecule has 34 heavy (non-hydrogen) atoms. The first kappa shape index (κ1) is 21.7. The lowest BCUT2D eigenvalue weighted by molar-refractivity contribution is -0.143. The Kier molecular flexibility index (Phi) is 5.33. The van der Waals surface area contributed by atoms with E-state index >= 15 is 0 Å². The molecule has 11 heteroatoms. The molecule has 0 spiro atoms. The Bertz CT molecular complexity index is 1350. The summed E-state index contributed by atoms with van der Waals surface area (Å²) in [5, 5.41) is 22.2. The smallest absolute Gasteiger partial charge is 0.260 e. The molecule has 5 heterocycles. The van der Waals surface area contributed by atoms with E-state index in [2.05, 4.69) is 30.5 Å². The highest BCUT2D eigenvalue weighted by atomic mass is 16.5. The third kappa shape index (κ3) is 3.90. The van der Waals surface area contributed by atoms with E-state index in [4.69, 9.17) is 4.52 Å². The lowest BCUT2D eigenvalue weighted by Crippen LogP contribution is -2.36. The van der Waals surface area contributed by atoms with Crippen LogP contribution in [0.25, 0.3) is 22.8 Å². The van der Waals surface area contributed by atoms with Crippen molar-refractivity contribution in [1.29, 1.82) is 0 Å². The molecule has 0 aliphatic carbocycles. The molecule has 0 unspecified atom stereocenters. The van der Waals surface area contributed by atoms with Crippen LogP contribution in [-0.2, 0) is 17.4 Å². The molecule has 1 aliphatic rings. The lowest BCUT2D eigenvalue weighted by Gasteiger charge is -2.16. The summed E-state index contributed by atoms with van der Waals surface area (Å²) in [5.74, 6) is 0.426. The molecule has 11 nitrogen and oxygen atoms in total. The number of hydrogen-bond acceptors (Lipinski definition) is 9. The fourth-order valence-electron chi connectivity index (χ4n) is 3.91. The summed E-state index contributed by atoms with van der Waals surface area (Å²) in [7, 11) is 3.52. The highest BCUT2D eigenvalue weighted by molar-refractivity contribution is 5.88. The van der Waals surface area contributed by atoms with Crippen LogP contribution in [0.4, 0.5) is 5.95 Å². The number of amides is 1. The van der Waals surface area contributed by atoms with Crippen LogP contribution in [-0.4, -0.2) is 59.4 Å². The quantitative estimate of drug-likeness (QED) is 0.444. The lowest BCUT2D eigenvalue weighted by atomic mass is 9.97. The van der Waals surface area contributed by atoms with E-state index in [9.17, 15) is 9.90 Å². The van der Waals surface area contributed by atoms with Gasteiger partial charge in [0, 0.05) is 51.1 Å². The van der Waals surface area contributed by atoms with Crippen LogP contribution in [0.1, 0.15) is 30.6 Å². The molecular formula is C23H24N8O3. The molecule has 0 aromatic carbocycles. The van der Waals surface area contributed by atoms with Gasteiger partial charge in [0.15, 0.2) is 11.4 Å². The van der Waals surface area contributed by atoms with Gasteiger partial charge in [-0.05, 0) is 25.1 Å². The van der Waals surface area contributed by atoms with Crippen molar-refractivity contribution in [3.63, 3.8) is 0 Å². The normalized spacial score (nSPS) is 18.9. The number of aromatic nitrogens is 6. The molecule has 4 aromatic heterocycles. The summed E-state index contributed by atoms with van der Waals surface area (Å²) < 4.78 is 7.18. The summed E-state index contributed by atoms with van der Waals surface area (Å²) in [6, 6.07) is 8.74. The summed E-state index contributed by atoms with van der Waals surface area (Å²) in [6.07, 6.45) is 5.66. The number of anilines is 1. The zero-order valence-corrected chi connectivity index (χ0v) is 19.0. The van der Waals surface area contributed by atoms with Crippen LogP contribution in [0, 0.1) is 0 Å². The molecular weight excluding hydrogens is 436 g/mol. The Morgan fingerprint density at radius 1 is 1.18 bits per heavy atom. The minimum Gasteiger partial charge on any atom is -0.374 e. The molecule has 1 fully saturated rings. The third-order valence-corrected chi connectivity index (χ3v) is 5.93. The standard InChI is InChI=1S/C23H24N8O3/c1-14(15-12-25-31(3)13-15)26-22-24-9-7-17(28-22)16-5-4-6-18(27-16)19-11-20(29-34-19)23(33)8-10-30(2)21(23)32/h4-7,9,11-14,33H,8,10H2,1-3H3,(H,24,26,28)/t14-,23+/m0/s1. The number of aliphatic hydroxyl groups is 1. The molecule has 2 N–H and O–H groups in total. The molecule has 0 bridgehead atoms. The van der Waals surface area contributed by atoms with E-state index < -0.39 is 11.5 Å². The van der Waals surface area contributed by atoms with Crippen LogP contribution < -0.4 is 5.32 Å². The molecule has 5 rings (SSSR count). The second-order valence-electron chi connectivity index (χ2n) is 8.40. The van der Waals surface area contributed by atoms with Crippen molar-refractivity contribution in [3.05, 3.63) is 60.2 Å². The monoisotopic (exact) mass is 460 g/mol. The summed E-state index contributed by atoms with van der Waals surface area (Å²) >= 11 is 0. The SMILES string of the molecule is C[C@H](Nc1nccc(-c2cccc(-c3cc([C@]4(O)CCN(C)C4=O)no3)n2)n1)c1cnn(C)c1. The van der Waals surface area contributed by atoms with Gasteiger partial charge in [0.2, 0.25) is 5.95 Å². The Balaban J connectivity index is 1.38. The van der Waals surface area contributed by atoms with Gasteiger partial charge in [-0.15, -0.1) is 0 Å². The van der Waals surface area contributed by atoms with E-state index in [1.807, 2.05) is 32.3 Å². The molecule has 174 valence electrons. The molecule has 1 saturated heterocycles. The number of likely N-dealkylation sites (tertiary alicyclic amines) is 1. The summed E-state index contributed by atoms with van der Waals surface area (Å²) in [6.45, 7) is 2.46. The maximum atomic E-state index is 12.4. The highest BCUT2D eigenvalue weighted by Gasteiger charge is 2.47. The first-order chi connectivity index (χ1) is 16.3. The minimum absolute atomic E-state index is 0.0287. The Morgan fingerprint density at radius 3 is 2.71 bits per heavy atom.